The molecule has 2 unspecified atom stereocenters. The molecule has 0 radical (unpaired) electrons. The molecule has 0 spiro atoms. The summed E-state index contributed by atoms with van der Waals surface area (Å²) in [6.07, 6.45) is 8.99. The number of para-hydroxylation sites is 1. The maximum absolute atomic E-state index is 12.3. The molecule has 5 nitrogen and oxygen atoms in total. The van der Waals surface area contributed by atoms with Crippen LogP contribution in [0.3, 0.4) is 0 Å². The quantitative estimate of drug-likeness (QED) is 0.894. The topological polar surface area (TPSA) is 59.0 Å². The van der Waals surface area contributed by atoms with Gasteiger partial charge in [0.15, 0.2) is 0 Å². The van der Waals surface area contributed by atoms with Gasteiger partial charge in [-0.15, -0.1) is 12.4 Å². The fraction of sp³-hybridized carbons (Fsp3) is 0.444. The molecule has 2 bridgehead atoms. The van der Waals surface area contributed by atoms with Crippen LogP contribution < -0.4 is 10.6 Å². The largest absolute Gasteiger partial charge is 0.323 e. The van der Waals surface area contributed by atoms with Crippen LogP contribution in [-0.4, -0.2) is 27.8 Å². The third kappa shape index (κ3) is 3.79. The molecule has 0 aliphatic carbocycles. The number of nitrogens with one attached hydrogen (secondary N) is 2. The number of nitrogens with zero attached hydrogens (tertiary/aromatic N) is 2. The van der Waals surface area contributed by atoms with Crippen molar-refractivity contribution in [2.75, 3.05) is 5.32 Å². The van der Waals surface area contributed by atoms with E-state index in [0.29, 0.717) is 24.4 Å². The van der Waals surface area contributed by atoms with Gasteiger partial charge in [0.05, 0.1) is 23.8 Å². The minimum atomic E-state index is 0. The number of piperidine rings is 1. The van der Waals surface area contributed by atoms with Crippen molar-refractivity contribution in [2.45, 2.75) is 44.2 Å². The van der Waals surface area contributed by atoms with Gasteiger partial charge in [-0.05, 0) is 43.7 Å². The summed E-state index contributed by atoms with van der Waals surface area (Å²) in [6, 6.07) is 11.2. The van der Waals surface area contributed by atoms with Gasteiger partial charge in [-0.1, -0.05) is 18.2 Å². The van der Waals surface area contributed by atoms with Gasteiger partial charge < -0.3 is 10.6 Å². The molecular weight excluding hydrogens is 324 g/mol. The fourth-order valence-electron chi connectivity index (χ4n) is 3.93. The Morgan fingerprint density at radius 2 is 1.92 bits per heavy atom. The number of carbonyl (C=O) groups is 1. The molecule has 2 aliphatic heterocycles. The number of carbonyl (C=O) groups excluding carboxylic acids is 1. The lowest BCUT2D eigenvalue weighted by Crippen LogP contribution is -2.39. The van der Waals surface area contributed by atoms with Crippen LogP contribution in [-0.2, 0) is 4.79 Å². The highest BCUT2D eigenvalue weighted by molar-refractivity contribution is 5.90. The van der Waals surface area contributed by atoms with Gasteiger partial charge in [0.1, 0.15) is 0 Å². The van der Waals surface area contributed by atoms with Gasteiger partial charge in [0, 0.05) is 18.5 Å². The summed E-state index contributed by atoms with van der Waals surface area (Å²) in [5.41, 5.74) is 1.75. The monoisotopic (exact) mass is 346 g/mol. The number of hydrogen-bond donors (Lipinski definition) is 2. The van der Waals surface area contributed by atoms with E-state index in [1.807, 2.05) is 36.5 Å². The Hall–Kier alpha value is -1.85. The molecule has 1 aromatic carbocycles. The molecule has 2 saturated heterocycles. The van der Waals surface area contributed by atoms with E-state index in [1.54, 1.807) is 10.9 Å². The molecule has 128 valence electrons. The smallest absolute Gasteiger partial charge is 0.224 e. The summed E-state index contributed by atoms with van der Waals surface area (Å²) < 4.78 is 1.78. The third-order valence-corrected chi connectivity index (χ3v) is 4.93. The zero-order valence-corrected chi connectivity index (χ0v) is 14.3. The number of rotatable bonds is 4. The first-order valence-electron chi connectivity index (χ1n) is 8.42. The fourth-order valence-corrected chi connectivity index (χ4v) is 3.93. The Balaban J connectivity index is 0.00000169. The molecule has 2 atom stereocenters. The van der Waals surface area contributed by atoms with Gasteiger partial charge in [-0.25, -0.2) is 4.68 Å². The standard InChI is InChI=1S/C18H22N4O.ClH/c23-18(10-13-8-14-6-7-15(9-13)20-14)21-16-11-19-22(12-16)17-4-2-1-3-5-17;/h1-5,11-15,20H,6-10H2,(H,21,23);1H. The van der Waals surface area contributed by atoms with Crippen LogP contribution in [0.15, 0.2) is 42.7 Å². The molecular formula is C18H23ClN4O. The predicted molar refractivity (Wildman–Crippen MR) is 96.7 cm³/mol. The second kappa shape index (κ2) is 7.36. The highest BCUT2D eigenvalue weighted by Crippen LogP contribution is 2.32. The minimum Gasteiger partial charge on any atom is -0.323 e. The van der Waals surface area contributed by atoms with Crippen LogP contribution in [0.5, 0.6) is 0 Å². The average Bonchev–Trinajstić information content (AvgIpc) is 3.15. The molecule has 3 heterocycles. The Morgan fingerprint density at radius 3 is 2.62 bits per heavy atom. The van der Waals surface area contributed by atoms with Gasteiger partial charge in [-0.2, -0.15) is 5.10 Å². The van der Waals surface area contributed by atoms with E-state index < -0.39 is 0 Å². The molecule has 0 saturated carbocycles. The van der Waals surface area contributed by atoms with Crippen molar-refractivity contribution < 1.29 is 4.79 Å². The van der Waals surface area contributed by atoms with E-state index in [1.165, 1.54) is 12.8 Å². The van der Waals surface area contributed by atoms with Crippen molar-refractivity contribution in [3.05, 3.63) is 42.7 Å². The third-order valence-electron chi connectivity index (χ3n) is 4.93. The van der Waals surface area contributed by atoms with Crippen molar-refractivity contribution in [3.63, 3.8) is 0 Å². The number of fused-ring (bicyclic) bond motifs is 2. The van der Waals surface area contributed by atoms with Crippen molar-refractivity contribution in [1.82, 2.24) is 15.1 Å². The average molecular weight is 347 g/mol. The van der Waals surface area contributed by atoms with Crippen molar-refractivity contribution in [1.29, 1.82) is 0 Å². The van der Waals surface area contributed by atoms with E-state index in [-0.39, 0.29) is 18.3 Å². The molecule has 6 heteroatoms. The molecule has 2 N–H and O–H groups in total. The minimum absolute atomic E-state index is 0. The van der Waals surface area contributed by atoms with Crippen LogP contribution in [0.4, 0.5) is 5.69 Å². The van der Waals surface area contributed by atoms with Crippen LogP contribution in [0, 0.1) is 5.92 Å². The molecule has 4 rings (SSSR count). The maximum Gasteiger partial charge on any atom is 0.224 e. The second-order valence-electron chi connectivity index (χ2n) is 6.74. The predicted octanol–water partition coefficient (Wildman–Crippen LogP) is 3.15. The van der Waals surface area contributed by atoms with Gasteiger partial charge >= 0.3 is 0 Å². The first kappa shape index (κ1) is 17.0. The summed E-state index contributed by atoms with van der Waals surface area (Å²) in [4.78, 5) is 12.3. The Bertz CT molecular complexity index is 675. The number of amides is 1. The highest BCUT2D eigenvalue weighted by atomic mass is 35.5. The van der Waals surface area contributed by atoms with Crippen LogP contribution >= 0.6 is 12.4 Å². The van der Waals surface area contributed by atoms with Crippen molar-refractivity contribution in [3.8, 4) is 5.69 Å². The summed E-state index contributed by atoms with van der Waals surface area (Å²) >= 11 is 0. The summed E-state index contributed by atoms with van der Waals surface area (Å²) in [6.45, 7) is 0. The van der Waals surface area contributed by atoms with Crippen molar-refractivity contribution in [2.24, 2.45) is 5.92 Å². The van der Waals surface area contributed by atoms with Crippen LogP contribution in [0.2, 0.25) is 0 Å². The number of benzene rings is 1. The maximum atomic E-state index is 12.3. The highest BCUT2D eigenvalue weighted by Gasteiger charge is 2.34. The van der Waals surface area contributed by atoms with E-state index in [4.69, 9.17) is 0 Å². The van der Waals surface area contributed by atoms with Crippen LogP contribution in [0.25, 0.3) is 5.69 Å². The zero-order valence-electron chi connectivity index (χ0n) is 13.5. The molecule has 24 heavy (non-hydrogen) atoms. The molecule has 2 fully saturated rings. The molecule has 1 amide bonds. The first-order chi connectivity index (χ1) is 11.3. The van der Waals surface area contributed by atoms with Gasteiger partial charge in [0.2, 0.25) is 5.91 Å². The van der Waals surface area contributed by atoms with Gasteiger partial charge in [-0.3, -0.25) is 4.79 Å². The number of anilines is 1. The number of hydrogen-bond acceptors (Lipinski definition) is 3. The Labute approximate surface area is 148 Å². The molecule has 2 aliphatic rings. The summed E-state index contributed by atoms with van der Waals surface area (Å²) in [7, 11) is 0. The first-order valence-corrected chi connectivity index (χ1v) is 8.42. The number of aromatic nitrogens is 2. The van der Waals surface area contributed by atoms with E-state index in [0.717, 1.165) is 24.2 Å². The number of halogens is 1. The normalized spacial score (nSPS) is 25.1. The van der Waals surface area contributed by atoms with E-state index in [9.17, 15) is 4.79 Å². The van der Waals surface area contributed by atoms with Crippen LogP contribution in [0.1, 0.15) is 32.1 Å². The second-order valence-corrected chi connectivity index (χ2v) is 6.74. The SMILES string of the molecule is Cl.O=C(CC1CC2CCC(C1)N2)Nc1cnn(-c2ccccc2)c1. The van der Waals surface area contributed by atoms with E-state index in [2.05, 4.69) is 15.7 Å². The Kier molecular flexibility index (Phi) is 5.21. The van der Waals surface area contributed by atoms with E-state index >= 15 is 0 Å². The Morgan fingerprint density at radius 1 is 1.21 bits per heavy atom. The lowest BCUT2D eigenvalue weighted by atomic mass is 9.89. The lowest BCUT2D eigenvalue weighted by Gasteiger charge is -2.28. The summed E-state index contributed by atoms with van der Waals surface area (Å²) in [5.74, 6) is 0.613. The molecule has 1 aromatic heterocycles. The lowest BCUT2D eigenvalue weighted by molar-refractivity contribution is -0.117. The molecule has 2 aromatic rings. The zero-order chi connectivity index (χ0) is 15.6. The van der Waals surface area contributed by atoms with Crippen molar-refractivity contribution >= 4 is 24.0 Å². The van der Waals surface area contributed by atoms with Gasteiger partial charge in [0.25, 0.3) is 0 Å². The summed E-state index contributed by atoms with van der Waals surface area (Å²) in [5, 5.41) is 10.9.